The maximum atomic E-state index is 10.3. The number of amides is 1. The Balaban J connectivity index is 3.69. The molecule has 0 aliphatic rings. The van der Waals surface area contributed by atoms with Gasteiger partial charge in [-0.25, -0.2) is 0 Å². The minimum atomic E-state index is -0.0591. The van der Waals surface area contributed by atoms with E-state index in [4.69, 9.17) is 0 Å². The molecule has 0 aromatic rings. The summed E-state index contributed by atoms with van der Waals surface area (Å²) in [4.78, 5) is 10.3. The van der Waals surface area contributed by atoms with Crippen LogP contribution in [-0.4, -0.2) is 5.91 Å². The Bertz CT molecular complexity index is 147. The first-order valence-electron chi connectivity index (χ1n) is 2.73. The predicted octanol–water partition coefficient (Wildman–Crippen LogP) is 1.21. The lowest BCUT2D eigenvalue weighted by Crippen LogP contribution is -2.11. The Kier molecular flexibility index (Phi) is 3.44. The molecule has 0 bridgehead atoms. The summed E-state index contributed by atoms with van der Waals surface area (Å²) in [6.07, 6.45) is 3.30. The van der Waals surface area contributed by atoms with Gasteiger partial charge in [0.15, 0.2) is 0 Å². The van der Waals surface area contributed by atoms with E-state index in [9.17, 15) is 4.79 Å². The number of hydrogen-bond acceptors (Lipinski definition) is 1. The first kappa shape index (κ1) is 7.95. The minimum Gasteiger partial charge on any atom is -0.333 e. The second-order valence-corrected chi connectivity index (χ2v) is 1.79. The van der Waals surface area contributed by atoms with Crippen molar-refractivity contribution < 1.29 is 4.79 Å². The minimum absolute atomic E-state index is 0.0591. The first-order chi connectivity index (χ1) is 4.16. The molecule has 0 spiro atoms. The summed E-state index contributed by atoms with van der Waals surface area (Å²) in [6.45, 7) is 6.85. The molecule has 9 heavy (non-hydrogen) atoms. The molecule has 1 N–H and O–H groups in total. The molecule has 0 aromatic carbocycles. The number of carbonyl (C=O) groups excluding carboxylic acids is 1. The van der Waals surface area contributed by atoms with Gasteiger partial charge in [-0.2, -0.15) is 0 Å². The van der Waals surface area contributed by atoms with Gasteiger partial charge in [-0.3, -0.25) is 4.79 Å². The molecule has 2 nitrogen and oxygen atoms in total. The average Bonchev–Trinajstić information content (AvgIpc) is 1.83. The van der Waals surface area contributed by atoms with Gasteiger partial charge in [0.1, 0.15) is 0 Å². The lowest BCUT2D eigenvalue weighted by Gasteiger charge is -1.91. The largest absolute Gasteiger partial charge is 0.333 e. The van der Waals surface area contributed by atoms with Gasteiger partial charge in [-0.15, -0.1) is 0 Å². The third-order valence-corrected chi connectivity index (χ3v) is 0.825. The van der Waals surface area contributed by atoms with Gasteiger partial charge in [-0.05, 0) is 12.5 Å². The van der Waals surface area contributed by atoms with Crippen LogP contribution in [0.3, 0.4) is 0 Å². The van der Waals surface area contributed by atoms with Crippen LogP contribution in [0.5, 0.6) is 0 Å². The molecular formula is C7H11NO. The van der Waals surface area contributed by atoms with Crippen LogP contribution in [0.25, 0.3) is 0 Å². The van der Waals surface area contributed by atoms with Crippen LogP contribution in [0.1, 0.15) is 13.8 Å². The van der Waals surface area contributed by atoms with Gasteiger partial charge in [0, 0.05) is 13.1 Å². The molecule has 0 saturated carbocycles. The van der Waals surface area contributed by atoms with Crippen LogP contribution in [0.4, 0.5) is 0 Å². The lowest BCUT2D eigenvalue weighted by molar-refractivity contribution is -0.118. The van der Waals surface area contributed by atoms with E-state index in [-0.39, 0.29) is 5.91 Å². The summed E-state index contributed by atoms with van der Waals surface area (Å²) < 4.78 is 0. The second-order valence-electron chi connectivity index (χ2n) is 1.79. The van der Waals surface area contributed by atoms with E-state index < -0.39 is 0 Å². The van der Waals surface area contributed by atoms with Crippen molar-refractivity contribution in [1.82, 2.24) is 5.32 Å². The molecule has 0 fully saturated rings. The zero-order valence-corrected chi connectivity index (χ0v) is 5.77. The normalized spacial score (nSPS) is 10.7. The van der Waals surface area contributed by atoms with E-state index in [1.165, 1.54) is 6.92 Å². The molecule has 0 aromatic heterocycles. The lowest BCUT2D eigenvalue weighted by atomic mass is 10.3. The zero-order valence-electron chi connectivity index (χ0n) is 5.77. The molecule has 1 amide bonds. The number of carbonyl (C=O) groups is 1. The smallest absolute Gasteiger partial charge is 0.220 e. The summed E-state index contributed by atoms with van der Waals surface area (Å²) in [5.74, 6) is -0.0591. The van der Waals surface area contributed by atoms with Crippen molar-refractivity contribution in [2.75, 3.05) is 0 Å². The van der Waals surface area contributed by atoms with E-state index in [0.29, 0.717) is 0 Å². The summed E-state index contributed by atoms with van der Waals surface area (Å²) in [5, 5.41) is 2.52. The highest BCUT2D eigenvalue weighted by Gasteiger charge is 1.82. The van der Waals surface area contributed by atoms with Gasteiger partial charge >= 0.3 is 0 Å². The fraction of sp³-hybridized carbons (Fsp3) is 0.286. The van der Waals surface area contributed by atoms with Crippen molar-refractivity contribution in [3.63, 3.8) is 0 Å². The number of nitrogens with one attached hydrogen (secondary N) is 1. The third-order valence-electron chi connectivity index (χ3n) is 0.825. The fourth-order valence-electron chi connectivity index (χ4n) is 0.274. The van der Waals surface area contributed by atoms with Crippen LogP contribution < -0.4 is 5.32 Å². The van der Waals surface area contributed by atoms with Crippen molar-refractivity contribution in [3.8, 4) is 0 Å². The van der Waals surface area contributed by atoms with Gasteiger partial charge < -0.3 is 5.32 Å². The van der Waals surface area contributed by atoms with Gasteiger partial charge in [0.05, 0.1) is 0 Å². The quantitative estimate of drug-likeness (QED) is 0.552. The molecule has 0 aliphatic heterocycles. The standard InChI is InChI=1S/C7H11NO/c1-4-6(2)5-8-7(3)9/h4-5H,1H2,2-3H3,(H,8,9)/b6-5-. The Morgan fingerprint density at radius 2 is 2.11 bits per heavy atom. The van der Waals surface area contributed by atoms with E-state index in [2.05, 4.69) is 11.9 Å². The maximum absolute atomic E-state index is 10.3. The zero-order chi connectivity index (χ0) is 7.28. The SMILES string of the molecule is C=C/C(C)=C\NC(C)=O. The Labute approximate surface area is 55.3 Å². The molecule has 0 unspecified atom stereocenters. The molecule has 0 radical (unpaired) electrons. The summed E-state index contributed by atoms with van der Waals surface area (Å²) in [6, 6.07) is 0. The Morgan fingerprint density at radius 3 is 2.44 bits per heavy atom. The number of rotatable bonds is 2. The maximum Gasteiger partial charge on any atom is 0.220 e. The topological polar surface area (TPSA) is 29.1 Å². The molecule has 0 rings (SSSR count). The summed E-state index contributed by atoms with van der Waals surface area (Å²) in [5.41, 5.74) is 0.949. The molecular weight excluding hydrogens is 114 g/mol. The highest BCUT2D eigenvalue weighted by atomic mass is 16.1. The van der Waals surface area contributed by atoms with Crippen LogP contribution in [0.15, 0.2) is 24.4 Å². The molecule has 0 atom stereocenters. The molecule has 0 aliphatic carbocycles. The van der Waals surface area contributed by atoms with E-state index in [0.717, 1.165) is 5.57 Å². The first-order valence-corrected chi connectivity index (χ1v) is 2.73. The van der Waals surface area contributed by atoms with E-state index in [1.807, 2.05) is 6.92 Å². The predicted molar refractivity (Wildman–Crippen MR) is 37.8 cm³/mol. The number of hydrogen-bond donors (Lipinski definition) is 1. The monoisotopic (exact) mass is 125 g/mol. The average molecular weight is 125 g/mol. The van der Waals surface area contributed by atoms with E-state index >= 15 is 0 Å². The van der Waals surface area contributed by atoms with Crippen molar-refractivity contribution in [3.05, 3.63) is 24.4 Å². The van der Waals surface area contributed by atoms with Crippen LogP contribution in [0, 0.1) is 0 Å². The van der Waals surface area contributed by atoms with Gasteiger partial charge in [0.25, 0.3) is 0 Å². The van der Waals surface area contributed by atoms with Crippen molar-refractivity contribution in [2.45, 2.75) is 13.8 Å². The summed E-state index contributed by atoms with van der Waals surface area (Å²) >= 11 is 0. The van der Waals surface area contributed by atoms with Gasteiger partial charge in [-0.1, -0.05) is 12.7 Å². The fourth-order valence-corrected chi connectivity index (χ4v) is 0.274. The highest BCUT2D eigenvalue weighted by Crippen LogP contribution is 1.87. The van der Waals surface area contributed by atoms with Crippen molar-refractivity contribution >= 4 is 5.91 Å². The highest BCUT2D eigenvalue weighted by molar-refractivity contribution is 5.74. The molecule has 2 heteroatoms. The third kappa shape index (κ3) is 4.81. The second kappa shape index (κ2) is 3.89. The van der Waals surface area contributed by atoms with Crippen LogP contribution >= 0.6 is 0 Å². The van der Waals surface area contributed by atoms with Gasteiger partial charge in [0.2, 0.25) is 5.91 Å². The molecule has 50 valence electrons. The molecule has 0 heterocycles. The number of allylic oxidation sites excluding steroid dienone is 2. The van der Waals surface area contributed by atoms with E-state index in [1.54, 1.807) is 12.3 Å². The summed E-state index contributed by atoms with van der Waals surface area (Å²) in [7, 11) is 0. The van der Waals surface area contributed by atoms with Crippen LogP contribution in [-0.2, 0) is 4.79 Å². The Morgan fingerprint density at radius 1 is 1.56 bits per heavy atom. The molecule has 0 saturated heterocycles. The van der Waals surface area contributed by atoms with Crippen LogP contribution in [0.2, 0.25) is 0 Å². The Hall–Kier alpha value is -1.05. The van der Waals surface area contributed by atoms with Crippen molar-refractivity contribution in [2.24, 2.45) is 0 Å². The van der Waals surface area contributed by atoms with Crippen molar-refractivity contribution in [1.29, 1.82) is 0 Å².